The molecule has 0 spiro atoms. The lowest BCUT2D eigenvalue weighted by Crippen LogP contribution is -2.49. The number of benzene rings is 5. The van der Waals surface area contributed by atoms with E-state index in [0.29, 0.717) is 0 Å². The molecule has 51 heavy (non-hydrogen) atoms. The molecule has 0 aliphatic carbocycles. The van der Waals surface area contributed by atoms with Gasteiger partial charge >= 0.3 is 0 Å². The minimum Gasteiger partial charge on any atom is -0.311 e. The van der Waals surface area contributed by atoms with Gasteiger partial charge in [0.15, 0.2) is 0 Å². The van der Waals surface area contributed by atoms with Crippen molar-refractivity contribution >= 4 is 296 Å². The fourth-order valence-electron chi connectivity index (χ4n) is 9.69. The predicted octanol–water partition coefficient (Wildman–Crippen LogP) is -25.2. The minimum atomic E-state index is 1.29. The molecule has 0 amide bonds. The summed E-state index contributed by atoms with van der Waals surface area (Å²) in [4.78, 5) is 0. The first-order valence-corrected chi connectivity index (χ1v) is 18.9. The quantitative estimate of drug-likeness (QED) is 0.168. The van der Waals surface area contributed by atoms with Crippen molar-refractivity contribution in [3.63, 3.8) is 0 Å². The van der Waals surface area contributed by atoms with Gasteiger partial charge in [-0.1, -0.05) is 81.9 Å². The van der Waals surface area contributed by atoms with Gasteiger partial charge in [-0.25, -0.2) is 0 Å². The van der Waals surface area contributed by atoms with Crippen LogP contribution < -0.4 is 104 Å². The van der Waals surface area contributed by atoms with Gasteiger partial charge in [-0.05, 0) is 27.6 Å². The van der Waals surface area contributed by atoms with Crippen LogP contribution in [0.2, 0.25) is 0 Å². The molecule has 0 fully saturated rings. The molecular weight excluding hydrogens is 594 g/mol. The van der Waals surface area contributed by atoms with Crippen LogP contribution in [0, 0.1) is 0 Å². The van der Waals surface area contributed by atoms with Gasteiger partial charge in [0.2, 0.25) is 0 Å². The normalized spacial score (nSPS) is 11.8. The van der Waals surface area contributed by atoms with E-state index in [0.717, 1.165) is 0 Å². The van der Waals surface area contributed by atoms with E-state index >= 15 is 0 Å². The van der Waals surface area contributed by atoms with Crippen molar-refractivity contribution in [3.05, 3.63) is 6.07 Å². The molecule has 0 unspecified atom stereocenters. The average Bonchev–Trinajstić information content (AvgIpc) is 3.65. The molecule has 5 aromatic carbocycles. The Morgan fingerprint density at radius 2 is 0.392 bits per heavy atom. The van der Waals surface area contributed by atoms with Gasteiger partial charge < -0.3 is 9.13 Å². The third-order valence-corrected chi connectivity index (χ3v) is 14.7. The van der Waals surface area contributed by atoms with Crippen molar-refractivity contribution < 1.29 is 0 Å². The van der Waals surface area contributed by atoms with Crippen LogP contribution in [0.3, 0.4) is 0 Å². The number of fused-ring (bicyclic) bond motifs is 6. The maximum atomic E-state index is 2.67. The Kier molecular flexibility index (Phi) is 8.52. The van der Waals surface area contributed by atoms with Crippen LogP contribution in [0.5, 0.6) is 0 Å². The van der Waals surface area contributed by atoms with Crippen molar-refractivity contribution in [1.82, 2.24) is 9.13 Å². The Bertz CT molecular complexity index is 2460. The summed E-state index contributed by atoms with van der Waals surface area (Å²) in [6.45, 7) is 0. The van der Waals surface area contributed by atoms with Gasteiger partial charge in [-0.15, -0.1) is 21.9 Å². The van der Waals surface area contributed by atoms with Crippen LogP contribution in [-0.2, 0) is 0 Å². The Balaban J connectivity index is 1.80. The molecular formula is C30H39B19N2. The Morgan fingerprint density at radius 1 is 0.216 bits per heavy atom. The second-order valence-electron chi connectivity index (χ2n) is 16.4. The van der Waals surface area contributed by atoms with Gasteiger partial charge in [-0.3, -0.25) is 0 Å². The van der Waals surface area contributed by atoms with Gasteiger partial charge in [0.1, 0.15) is 149 Å². The molecule has 0 N–H and O–H groups in total. The van der Waals surface area contributed by atoms with E-state index in [-0.39, 0.29) is 0 Å². The summed E-state index contributed by atoms with van der Waals surface area (Å²) < 4.78 is 5.35. The third kappa shape index (κ3) is 4.51. The summed E-state index contributed by atoms with van der Waals surface area (Å²) in [5, 5.41) is 5.67. The van der Waals surface area contributed by atoms with Crippen molar-refractivity contribution in [2.45, 2.75) is 0 Å². The zero-order valence-electron chi connectivity index (χ0n) is 35.0. The van der Waals surface area contributed by atoms with Gasteiger partial charge in [0, 0.05) is 33.4 Å². The van der Waals surface area contributed by atoms with Crippen molar-refractivity contribution in [2.24, 2.45) is 0 Å². The van der Waals surface area contributed by atoms with E-state index in [1.54, 1.807) is 0 Å². The summed E-state index contributed by atoms with van der Waals surface area (Å²) in [6, 6.07) is 2.55. The van der Waals surface area contributed by atoms with Crippen molar-refractivity contribution in [1.29, 1.82) is 0 Å². The summed E-state index contributed by atoms with van der Waals surface area (Å²) in [7, 11) is 44.4. The van der Waals surface area contributed by atoms with Crippen LogP contribution in [0.4, 0.5) is 0 Å². The zero-order valence-corrected chi connectivity index (χ0v) is 35.0. The van der Waals surface area contributed by atoms with E-state index in [1.807, 2.05) is 0 Å². The summed E-state index contributed by atoms with van der Waals surface area (Å²) >= 11 is 0. The maximum Gasteiger partial charge on any atom is 0.141 e. The monoisotopic (exact) mass is 636 g/mol. The Labute approximate surface area is 321 Å². The molecule has 0 aliphatic heterocycles. The van der Waals surface area contributed by atoms with Crippen LogP contribution in [0.1, 0.15) is 0 Å². The molecule has 2 nitrogen and oxygen atoms in total. The van der Waals surface area contributed by atoms with E-state index in [9.17, 15) is 0 Å². The molecule has 226 valence electrons. The smallest absolute Gasteiger partial charge is 0.141 e. The van der Waals surface area contributed by atoms with Gasteiger partial charge in [-0.2, -0.15) is 0 Å². The van der Waals surface area contributed by atoms with E-state index in [4.69, 9.17) is 0 Å². The molecule has 2 heterocycles. The lowest BCUT2D eigenvalue weighted by Gasteiger charge is -2.24. The molecule has 21 heteroatoms. The molecule has 7 rings (SSSR count). The topological polar surface area (TPSA) is 9.86 Å². The fraction of sp³-hybridized carbons (Fsp3) is 0. The standard InChI is InChI=1S/C30H39B19N2/c31-8-2(50-27-4(10(33)15(38)19(42)23(27)46)5-11(34)16(39)20(43)24(47)28(5)50)1-3(9(32)14(8)37)51-29-6(12(35)17(40)21(44)25(29)48)7-13(36)18(41)22(45)26(49)30(7)51/h1H,31-49H2. The second kappa shape index (κ2) is 12.0. The number of nitrogens with zero attached hydrogens (tertiary/aromatic N) is 2. The number of aromatic nitrogens is 2. The highest BCUT2D eigenvalue weighted by atomic mass is 15.0. The first kappa shape index (κ1) is 36.3. The van der Waals surface area contributed by atoms with Crippen LogP contribution in [0.25, 0.3) is 55.0 Å². The predicted molar refractivity (Wildman–Crippen MR) is 291 cm³/mol. The highest BCUT2D eigenvalue weighted by Gasteiger charge is 2.27. The van der Waals surface area contributed by atoms with Crippen LogP contribution >= 0.6 is 0 Å². The maximum absolute atomic E-state index is 2.67. The van der Waals surface area contributed by atoms with Crippen molar-refractivity contribution in [2.75, 3.05) is 0 Å². The molecule has 0 aliphatic rings. The third-order valence-electron chi connectivity index (χ3n) is 14.7. The molecule has 0 radical (unpaired) electrons. The Hall–Kier alpha value is -3.07. The molecule has 0 bridgehead atoms. The Morgan fingerprint density at radius 3 is 0.608 bits per heavy atom. The van der Waals surface area contributed by atoms with Crippen LogP contribution in [-0.4, -0.2) is 158 Å². The molecule has 2 aromatic heterocycles. The summed E-state index contributed by atoms with van der Waals surface area (Å²) in [5.74, 6) is 0. The number of hydrogen-bond acceptors (Lipinski definition) is 0. The molecule has 0 saturated heterocycles. The molecule has 0 atom stereocenters. The SMILES string of the molecule is Bc1c(-n2c3c(B)c(B)c(B)c(B)c3c3c(B)c(B)c(B)c(B)c32)cc(-n2c3c(B)c(B)c(B)c(B)c3c3c(B)c(B)c(B)c(B)c32)c(B)c1B. The minimum absolute atomic E-state index is 1.29. The number of hydrogen-bond donors (Lipinski definition) is 0. The fourth-order valence-corrected chi connectivity index (χ4v) is 9.69. The average molecular weight is 633 g/mol. The van der Waals surface area contributed by atoms with E-state index in [2.05, 4.69) is 164 Å². The van der Waals surface area contributed by atoms with E-state index < -0.39 is 0 Å². The van der Waals surface area contributed by atoms with Crippen LogP contribution in [0.15, 0.2) is 6.07 Å². The summed E-state index contributed by atoms with van der Waals surface area (Å²) in [5.41, 5.74) is 34.4. The first-order valence-electron chi connectivity index (χ1n) is 18.9. The lowest BCUT2D eigenvalue weighted by atomic mass is 9.63. The second-order valence-corrected chi connectivity index (χ2v) is 16.4. The van der Waals surface area contributed by atoms with E-state index in [1.165, 1.54) is 159 Å². The van der Waals surface area contributed by atoms with Crippen molar-refractivity contribution in [3.8, 4) is 11.4 Å². The lowest BCUT2D eigenvalue weighted by molar-refractivity contribution is 1.16. The first-order chi connectivity index (χ1) is 23.8. The largest absolute Gasteiger partial charge is 0.311 e. The summed E-state index contributed by atoms with van der Waals surface area (Å²) in [6.07, 6.45) is 0. The highest BCUT2D eigenvalue weighted by molar-refractivity contribution is 6.74. The molecule has 0 saturated carbocycles. The van der Waals surface area contributed by atoms with Gasteiger partial charge in [0.05, 0.1) is 0 Å². The highest BCUT2D eigenvalue weighted by Crippen LogP contribution is 2.29. The number of rotatable bonds is 2. The van der Waals surface area contributed by atoms with Gasteiger partial charge in [0.25, 0.3) is 0 Å². The zero-order chi connectivity index (χ0) is 37.6. The molecule has 7 aromatic rings.